The van der Waals surface area contributed by atoms with E-state index >= 15 is 0 Å². The Labute approximate surface area is 282 Å². The molecule has 0 aliphatic carbocycles. The number of allylic oxidation sites excluding steroid dienone is 1. The molecule has 5 aromatic rings. The molecule has 14 heteroatoms. The number of aromatic nitrogens is 1. The lowest BCUT2D eigenvalue weighted by Crippen LogP contribution is -2.40. The fourth-order valence-corrected chi connectivity index (χ4v) is 6.40. The number of amides is 1. The molecule has 0 unspecified atom stereocenters. The number of non-ortho nitro benzene ring substituents is 1. The van der Waals surface area contributed by atoms with Gasteiger partial charge in [-0.3, -0.25) is 34.4 Å². The Hall–Kier alpha value is -6.41. The standard InChI is InChI=1S/C35H27N5O8S/c1-3-47-26-15-12-23(13-16-26)32-31(33(41)37-24-9-5-4-6-10-24)21(2)36-35-38(32)34(42)30(49-35)19-22-8-7-11-27(18-22)48-29-17-14-25(39(43)44)20-28(29)40(45)46/h4-20,32H,3H2,1-2H3,(H,37,41)/b30-19+/t32-/m0/s1. The maximum absolute atomic E-state index is 14.1. The van der Waals surface area contributed by atoms with Crippen LogP contribution in [0.25, 0.3) is 6.08 Å². The summed E-state index contributed by atoms with van der Waals surface area (Å²) >= 11 is 1.15. The molecule has 0 spiro atoms. The first-order valence-corrected chi connectivity index (χ1v) is 15.8. The normalized spacial score (nSPS) is 14.1. The maximum atomic E-state index is 14.1. The van der Waals surface area contributed by atoms with E-state index < -0.39 is 33.2 Å². The lowest BCUT2D eigenvalue weighted by molar-refractivity contribution is -0.394. The zero-order valence-electron chi connectivity index (χ0n) is 26.1. The Kier molecular flexibility index (Phi) is 9.13. The third-order valence-electron chi connectivity index (χ3n) is 7.54. The number of nitrogens with one attached hydrogen (secondary N) is 1. The van der Waals surface area contributed by atoms with E-state index in [1.54, 1.807) is 61.5 Å². The summed E-state index contributed by atoms with van der Waals surface area (Å²) in [6.07, 6.45) is 1.64. The first-order chi connectivity index (χ1) is 23.6. The fourth-order valence-electron chi connectivity index (χ4n) is 5.35. The number of hydrogen-bond donors (Lipinski definition) is 1. The minimum atomic E-state index is -0.796. The number of rotatable bonds is 10. The van der Waals surface area contributed by atoms with Crippen LogP contribution >= 0.6 is 11.3 Å². The number of hydrogen-bond acceptors (Lipinski definition) is 10. The van der Waals surface area contributed by atoms with E-state index in [2.05, 4.69) is 10.3 Å². The Morgan fingerprint density at radius 1 is 0.959 bits per heavy atom. The predicted molar refractivity (Wildman–Crippen MR) is 183 cm³/mol. The Bertz CT molecular complexity index is 2310. The molecule has 49 heavy (non-hydrogen) atoms. The summed E-state index contributed by atoms with van der Waals surface area (Å²) in [6.45, 7) is 4.09. The van der Waals surface area contributed by atoms with Crippen LogP contribution in [0.2, 0.25) is 0 Å². The first kappa shape index (κ1) is 32.5. The molecular formula is C35H27N5O8S. The third kappa shape index (κ3) is 6.84. The summed E-state index contributed by atoms with van der Waals surface area (Å²) in [6, 6.07) is 25.0. The third-order valence-corrected chi connectivity index (χ3v) is 8.52. The quantitative estimate of drug-likeness (QED) is 0.141. The Balaban J connectivity index is 1.40. The molecule has 1 aromatic heterocycles. The lowest BCUT2D eigenvalue weighted by atomic mass is 9.95. The van der Waals surface area contributed by atoms with Crippen molar-refractivity contribution in [3.8, 4) is 17.2 Å². The molecule has 6 rings (SSSR count). The molecule has 0 radical (unpaired) electrons. The predicted octanol–water partition coefficient (Wildman–Crippen LogP) is 5.88. The molecule has 0 fully saturated rings. The first-order valence-electron chi connectivity index (χ1n) is 15.0. The molecule has 1 aliphatic heterocycles. The van der Waals surface area contributed by atoms with Crippen molar-refractivity contribution in [2.75, 3.05) is 11.9 Å². The second-order valence-electron chi connectivity index (χ2n) is 10.7. The van der Waals surface area contributed by atoms with E-state index in [-0.39, 0.29) is 17.1 Å². The van der Waals surface area contributed by atoms with Crippen LogP contribution in [0.15, 0.2) is 118 Å². The van der Waals surface area contributed by atoms with Gasteiger partial charge >= 0.3 is 5.69 Å². The van der Waals surface area contributed by atoms with Crippen LogP contribution in [-0.4, -0.2) is 26.9 Å². The minimum absolute atomic E-state index is 0.181. The van der Waals surface area contributed by atoms with Gasteiger partial charge in [0.15, 0.2) is 4.80 Å². The molecule has 246 valence electrons. The van der Waals surface area contributed by atoms with E-state index in [9.17, 15) is 29.8 Å². The van der Waals surface area contributed by atoms with Crippen LogP contribution in [0.3, 0.4) is 0 Å². The summed E-state index contributed by atoms with van der Waals surface area (Å²) in [5, 5.41) is 25.7. The van der Waals surface area contributed by atoms with Crippen LogP contribution in [0.4, 0.5) is 17.1 Å². The second-order valence-corrected chi connectivity index (χ2v) is 11.8. The average molecular weight is 678 g/mol. The number of para-hydroxylation sites is 1. The highest BCUT2D eigenvalue weighted by Crippen LogP contribution is 2.35. The van der Waals surface area contributed by atoms with Gasteiger partial charge in [-0.1, -0.05) is 53.8 Å². The van der Waals surface area contributed by atoms with Crippen LogP contribution in [0, 0.1) is 20.2 Å². The molecule has 1 atom stereocenters. The van der Waals surface area contributed by atoms with Crippen molar-refractivity contribution < 1.29 is 24.1 Å². The van der Waals surface area contributed by atoms with Crippen molar-refractivity contribution in [1.82, 2.24) is 4.57 Å². The zero-order chi connectivity index (χ0) is 34.7. The smallest absolute Gasteiger partial charge is 0.318 e. The van der Waals surface area contributed by atoms with Crippen molar-refractivity contribution in [2.24, 2.45) is 4.99 Å². The largest absolute Gasteiger partial charge is 0.494 e. The number of carbonyl (C=O) groups excluding carboxylic acids is 1. The number of anilines is 1. The lowest BCUT2D eigenvalue weighted by Gasteiger charge is -2.25. The molecular weight excluding hydrogens is 650 g/mol. The van der Waals surface area contributed by atoms with Crippen molar-refractivity contribution in [2.45, 2.75) is 19.9 Å². The number of nitrogens with zero attached hydrogens (tertiary/aromatic N) is 4. The number of nitro benzene ring substituents is 2. The average Bonchev–Trinajstić information content (AvgIpc) is 3.38. The summed E-state index contributed by atoms with van der Waals surface area (Å²) in [7, 11) is 0. The topological polar surface area (TPSA) is 168 Å². The van der Waals surface area contributed by atoms with Crippen molar-refractivity contribution in [3.05, 3.63) is 159 Å². The van der Waals surface area contributed by atoms with Gasteiger partial charge in [0.25, 0.3) is 17.2 Å². The molecule has 0 saturated heterocycles. The second kappa shape index (κ2) is 13.8. The Morgan fingerprint density at radius 2 is 1.71 bits per heavy atom. The monoisotopic (exact) mass is 677 g/mol. The molecule has 1 aliphatic rings. The number of benzene rings is 4. The van der Waals surface area contributed by atoms with E-state index in [4.69, 9.17) is 9.47 Å². The zero-order valence-corrected chi connectivity index (χ0v) is 26.9. The molecule has 1 amide bonds. The van der Waals surface area contributed by atoms with Gasteiger partial charge in [0.2, 0.25) is 5.75 Å². The van der Waals surface area contributed by atoms with Gasteiger partial charge in [0.1, 0.15) is 11.5 Å². The van der Waals surface area contributed by atoms with Crippen molar-refractivity contribution in [3.63, 3.8) is 0 Å². The molecule has 13 nitrogen and oxygen atoms in total. The fraction of sp³-hybridized carbons (Fsp3) is 0.114. The van der Waals surface area contributed by atoms with Crippen LogP contribution in [0.1, 0.15) is 31.0 Å². The van der Waals surface area contributed by atoms with E-state index in [1.807, 2.05) is 37.3 Å². The minimum Gasteiger partial charge on any atom is -0.494 e. The van der Waals surface area contributed by atoms with Crippen LogP contribution < -0.4 is 29.7 Å². The molecule has 1 N–H and O–H groups in total. The van der Waals surface area contributed by atoms with Gasteiger partial charge < -0.3 is 14.8 Å². The SMILES string of the molecule is CCOc1ccc([C@H]2C(C(=O)Nc3ccccc3)=C(C)N=c3s/c(=C/c4cccc(Oc5ccc([N+](=O)[O-])cc5[N+](=O)[O-])c4)c(=O)n32)cc1. The van der Waals surface area contributed by atoms with Crippen LogP contribution in [0.5, 0.6) is 17.2 Å². The highest BCUT2D eigenvalue weighted by atomic mass is 32.1. The number of carbonyl (C=O) groups is 1. The molecule has 4 aromatic carbocycles. The molecule has 0 saturated carbocycles. The van der Waals surface area contributed by atoms with Gasteiger partial charge in [0, 0.05) is 11.8 Å². The van der Waals surface area contributed by atoms with E-state index in [0.29, 0.717) is 49.8 Å². The van der Waals surface area contributed by atoms with Gasteiger partial charge in [0.05, 0.1) is 44.4 Å². The summed E-state index contributed by atoms with van der Waals surface area (Å²) in [5.74, 6) is 0.280. The molecule has 2 heterocycles. The maximum Gasteiger partial charge on any atom is 0.318 e. The highest BCUT2D eigenvalue weighted by molar-refractivity contribution is 7.07. The summed E-state index contributed by atoms with van der Waals surface area (Å²) in [5.41, 5.74) is 1.21. The number of thiazole rings is 1. The van der Waals surface area contributed by atoms with Gasteiger partial charge in [-0.25, -0.2) is 4.99 Å². The van der Waals surface area contributed by atoms with E-state index in [1.165, 1.54) is 4.57 Å². The van der Waals surface area contributed by atoms with E-state index in [0.717, 1.165) is 29.5 Å². The van der Waals surface area contributed by atoms with Gasteiger partial charge in [-0.05, 0) is 73.5 Å². The van der Waals surface area contributed by atoms with Crippen LogP contribution in [-0.2, 0) is 4.79 Å². The highest BCUT2D eigenvalue weighted by Gasteiger charge is 2.32. The number of nitro groups is 2. The van der Waals surface area contributed by atoms with Gasteiger partial charge in [-0.15, -0.1) is 0 Å². The summed E-state index contributed by atoms with van der Waals surface area (Å²) in [4.78, 5) is 54.2. The Morgan fingerprint density at radius 3 is 2.41 bits per heavy atom. The number of ether oxygens (including phenoxy) is 2. The summed E-state index contributed by atoms with van der Waals surface area (Å²) < 4.78 is 13.2. The van der Waals surface area contributed by atoms with Crippen molar-refractivity contribution >= 4 is 40.4 Å². The number of fused-ring (bicyclic) bond motifs is 1. The van der Waals surface area contributed by atoms with Crippen molar-refractivity contribution in [1.29, 1.82) is 0 Å². The van der Waals surface area contributed by atoms with Gasteiger partial charge in [-0.2, -0.15) is 0 Å². The molecule has 0 bridgehead atoms.